The summed E-state index contributed by atoms with van der Waals surface area (Å²) in [5.41, 5.74) is 0.754. The first-order chi connectivity index (χ1) is 11.1. The van der Waals surface area contributed by atoms with E-state index in [2.05, 4.69) is 9.97 Å². The Morgan fingerprint density at radius 3 is 2.96 bits per heavy atom. The number of rotatable bonds is 4. The van der Waals surface area contributed by atoms with E-state index in [4.69, 9.17) is 4.74 Å². The number of hydrogen-bond acceptors (Lipinski definition) is 6. The van der Waals surface area contributed by atoms with Crippen LogP contribution in [0.4, 0.5) is 5.82 Å². The molecule has 0 aromatic carbocycles. The second-order valence-corrected chi connectivity index (χ2v) is 6.50. The van der Waals surface area contributed by atoms with Gasteiger partial charge in [0.15, 0.2) is 5.82 Å². The van der Waals surface area contributed by atoms with Crippen LogP contribution in [-0.2, 0) is 0 Å². The SMILES string of the molecule is CN(C)c1nccnc1OC1CCCN(C(=O)c2ccsc2)C1. The highest BCUT2D eigenvalue weighted by Crippen LogP contribution is 2.24. The first-order valence-corrected chi connectivity index (χ1v) is 8.56. The van der Waals surface area contributed by atoms with Crippen LogP contribution in [0.1, 0.15) is 23.2 Å². The molecule has 0 radical (unpaired) electrons. The summed E-state index contributed by atoms with van der Waals surface area (Å²) in [6.45, 7) is 1.35. The molecule has 0 spiro atoms. The van der Waals surface area contributed by atoms with Gasteiger partial charge in [-0.25, -0.2) is 9.97 Å². The van der Waals surface area contributed by atoms with Gasteiger partial charge in [0, 0.05) is 38.4 Å². The molecule has 6 nitrogen and oxygen atoms in total. The third-order valence-electron chi connectivity index (χ3n) is 3.78. The molecule has 1 amide bonds. The van der Waals surface area contributed by atoms with Crippen molar-refractivity contribution < 1.29 is 9.53 Å². The van der Waals surface area contributed by atoms with Gasteiger partial charge in [-0.15, -0.1) is 0 Å². The summed E-state index contributed by atoms with van der Waals surface area (Å²) in [5, 5.41) is 3.81. The van der Waals surface area contributed by atoms with Crippen molar-refractivity contribution in [2.45, 2.75) is 18.9 Å². The lowest BCUT2D eigenvalue weighted by atomic mass is 10.1. The maximum atomic E-state index is 12.5. The standard InChI is InChI=1S/C16H20N4O2S/c1-19(2)14-15(18-7-6-17-14)22-13-4-3-8-20(10-13)16(21)12-5-9-23-11-12/h5-7,9,11,13H,3-4,8,10H2,1-2H3. The first-order valence-electron chi connectivity index (χ1n) is 7.61. The van der Waals surface area contributed by atoms with Crippen LogP contribution in [0, 0.1) is 0 Å². The van der Waals surface area contributed by atoms with E-state index in [1.54, 1.807) is 12.4 Å². The summed E-state index contributed by atoms with van der Waals surface area (Å²) in [6.07, 6.45) is 5.06. The molecule has 0 saturated carbocycles. The Balaban J connectivity index is 1.69. The highest BCUT2D eigenvalue weighted by molar-refractivity contribution is 7.08. The maximum absolute atomic E-state index is 12.5. The van der Waals surface area contributed by atoms with E-state index < -0.39 is 0 Å². The van der Waals surface area contributed by atoms with Crippen molar-refractivity contribution in [3.8, 4) is 5.88 Å². The Bertz CT molecular complexity index is 660. The Hall–Kier alpha value is -2.15. The fraction of sp³-hybridized carbons (Fsp3) is 0.438. The minimum Gasteiger partial charge on any atom is -0.470 e. The predicted molar refractivity (Wildman–Crippen MR) is 90.2 cm³/mol. The molecule has 1 saturated heterocycles. The number of hydrogen-bond donors (Lipinski definition) is 0. The zero-order valence-corrected chi connectivity index (χ0v) is 14.1. The van der Waals surface area contributed by atoms with Gasteiger partial charge in [-0.3, -0.25) is 4.79 Å². The number of piperidine rings is 1. The molecule has 23 heavy (non-hydrogen) atoms. The third-order valence-corrected chi connectivity index (χ3v) is 4.47. The highest BCUT2D eigenvalue weighted by atomic mass is 32.1. The Labute approximate surface area is 139 Å². The van der Waals surface area contributed by atoms with Crippen LogP contribution < -0.4 is 9.64 Å². The van der Waals surface area contributed by atoms with E-state index in [1.807, 2.05) is 40.7 Å². The number of aromatic nitrogens is 2. The van der Waals surface area contributed by atoms with Crippen LogP contribution in [0.2, 0.25) is 0 Å². The molecule has 2 aromatic heterocycles. The van der Waals surface area contributed by atoms with Crippen LogP contribution in [0.5, 0.6) is 5.88 Å². The monoisotopic (exact) mass is 332 g/mol. The van der Waals surface area contributed by atoms with Crippen molar-refractivity contribution in [1.29, 1.82) is 0 Å². The number of amides is 1. The number of anilines is 1. The van der Waals surface area contributed by atoms with E-state index >= 15 is 0 Å². The molecule has 1 unspecified atom stereocenters. The van der Waals surface area contributed by atoms with Crippen molar-refractivity contribution in [3.63, 3.8) is 0 Å². The Morgan fingerprint density at radius 2 is 2.22 bits per heavy atom. The lowest BCUT2D eigenvalue weighted by Gasteiger charge is -2.33. The van der Waals surface area contributed by atoms with E-state index in [9.17, 15) is 4.79 Å². The van der Waals surface area contributed by atoms with Gasteiger partial charge in [0.2, 0.25) is 0 Å². The summed E-state index contributed by atoms with van der Waals surface area (Å²) in [6, 6.07) is 1.87. The zero-order chi connectivity index (χ0) is 16.2. The van der Waals surface area contributed by atoms with Gasteiger partial charge < -0.3 is 14.5 Å². The number of carbonyl (C=O) groups excluding carboxylic acids is 1. The molecule has 0 aliphatic carbocycles. The smallest absolute Gasteiger partial charge is 0.257 e. The summed E-state index contributed by atoms with van der Waals surface area (Å²) in [7, 11) is 3.81. The Morgan fingerprint density at radius 1 is 1.39 bits per heavy atom. The number of likely N-dealkylation sites (tertiary alicyclic amines) is 1. The van der Waals surface area contributed by atoms with Crippen LogP contribution in [-0.4, -0.2) is 54.1 Å². The molecular formula is C16H20N4O2S. The number of thiophene rings is 1. The fourth-order valence-electron chi connectivity index (χ4n) is 2.65. The van der Waals surface area contributed by atoms with Crippen LogP contribution in [0.15, 0.2) is 29.2 Å². The molecule has 0 bridgehead atoms. The van der Waals surface area contributed by atoms with Crippen molar-refractivity contribution in [2.24, 2.45) is 0 Å². The fourth-order valence-corrected chi connectivity index (χ4v) is 3.28. The number of nitrogens with zero attached hydrogens (tertiary/aromatic N) is 4. The molecule has 0 N–H and O–H groups in total. The minimum absolute atomic E-state index is 0.0539. The summed E-state index contributed by atoms with van der Waals surface area (Å²) in [5.74, 6) is 1.30. The quantitative estimate of drug-likeness (QED) is 0.860. The summed E-state index contributed by atoms with van der Waals surface area (Å²) < 4.78 is 6.04. The van der Waals surface area contributed by atoms with Crippen molar-refractivity contribution in [1.82, 2.24) is 14.9 Å². The normalized spacial score (nSPS) is 17.8. The number of carbonyl (C=O) groups is 1. The average Bonchev–Trinajstić information content (AvgIpc) is 3.09. The lowest BCUT2D eigenvalue weighted by molar-refractivity contribution is 0.0529. The van der Waals surface area contributed by atoms with Gasteiger partial charge in [-0.1, -0.05) is 0 Å². The molecule has 2 aromatic rings. The second-order valence-electron chi connectivity index (χ2n) is 5.72. The third kappa shape index (κ3) is 3.61. The topological polar surface area (TPSA) is 58.6 Å². The van der Waals surface area contributed by atoms with Gasteiger partial charge in [0.05, 0.1) is 12.1 Å². The van der Waals surface area contributed by atoms with Gasteiger partial charge in [0.25, 0.3) is 11.8 Å². The zero-order valence-electron chi connectivity index (χ0n) is 13.3. The Kier molecular flexibility index (Phi) is 4.76. The van der Waals surface area contributed by atoms with E-state index in [0.29, 0.717) is 18.2 Å². The second kappa shape index (κ2) is 6.95. The molecule has 1 atom stereocenters. The molecule has 1 aliphatic rings. The largest absolute Gasteiger partial charge is 0.470 e. The van der Waals surface area contributed by atoms with Gasteiger partial charge in [-0.05, 0) is 24.3 Å². The predicted octanol–water partition coefficient (Wildman–Crippen LogP) is 2.29. The maximum Gasteiger partial charge on any atom is 0.257 e. The number of ether oxygens (including phenoxy) is 1. The van der Waals surface area contributed by atoms with E-state index in [1.165, 1.54) is 11.3 Å². The molecule has 3 heterocycles. The van der Waals surface area contributed by atoms with E-state index in [-0.39, 0.29) is 12.0 Å². The summed E-state index contributed by atoms with van der Waals surface area (Å²) in [4.78, 5) is 24.8. The van der Waals surface area contributed by atoms with Crippen LogP contribution in [0.25, 0.3) is 0 Å². The molecular weight excluding hydrogens is 312 g/mol. The molecule has 122 valence electrons. The molecule has 7 heteroatoms. The summed E-state index contributed by atoms with van der Waals surface area (Å²) >= 11 is 1.54. The molecule has 3 rings (SSSR count). The average molecular weight is 332 g/mol. The van der Waals surface area contributed by atoms with Gasteiger partial charge in [-0.2, -0.15) is 11.3 Å². The van der Waals surface area contributed by atoms with Crippen molar-refractivity contribution >= 4 is 23.1 Å². The van der Waals surface area contributed by atoms with Crippen LogP contribution in [0.3, 0.4) is 0 Å². The minimum atomic E-state index is -0.0539. The highest BCUT2D eigenvalue weighted by Gasteiger charge is 2.27. The van der Waals surface area contributed by atoms with Crippen molar-refractivity contribution in [3.05, 3.63) is 34.8 Å². The lowest BCUT2D eigenvalue weighted by Crippen LogP contribution is -2.44. The molecule has 1 fully saturated rings. The van der Waals surface area contributed by atoms with Crippen molar-refractivity contribution in [2.75, 3.05) is 32.1 Å². The van der Waals surface area contributed by atoms with E-state index in [0.717, 1.165) is 24.9 Å². The molecule has 1 aliphatic heterocycles. The first kappa shape index (κ1) is 15.7. The van der Waals surface area contributed by atoms with Gasteiger partial charge in [0.1, 0.15) is 6.10 Å². The van der Waals surface area contributed by atoms with Gasteiger partial charge >= 0.3 is 0 Å². The van der Waals surface area contributed by atoms with Crippen LogP contribution >= 0.6 is 11.3 Å².